The number of aromatic amines is 1. The van der Waals surface area contributed by atoms with E-state index in [9.17, 15) is 19.1 Å². The second-order valence-electron chi connectivity index (χ2n) is 10.1. The second-order valence-corrected chi connectivity index (χ2v) is 10.1. The number of hydrogen-bond acceptors (Lipinski definition) is 9. The Bertz CT molecular complexity index is 1510. The molecule has 198 valence electrons. The van der Waals surface area contributed by atoms with Crippen LogP contribution in [0.1, 0.15) is 66.0 Å². The molecule has 3 aromatic heterocycles. The SMILES string of the molecule is CC(=O)c1c([C@H]2C[C@H]3CC[C@@H](C2)N3C(=O)CO)nc2c(N3C=NC(c4n[nH]c(C)c4F)=CC3)cnn2c1N. The van der Waals surface area contributed by atoms with Crippen molar-refractivity contribution in [1.82, 2.24) is 29.7 Å². The summed E-state index contributed by atoms with van der Waals surface area (Å²) >= 11 is 0. The van der Waals surface area contributed by atoms with Crippen LogP contribution in [0.3, 0.4) is 0 Å². The topological polar surface area (TPSA) is 158 Å². The molecule has 6 rings (SSSR count). The van der Waals surface area contributed by atoms with Gasteiger partial charge in [0.25, 0.3) is 0 Å². The highest BCUT2D eigenvalue weighted by Gasteiger charge is 2.44. The molecular weight excluding hydrogens is 493 g/mol. The van der Waals surface area contributed by atoms with E-state index in [1.165, 1.54) is 11.4 Å². The molecule has 3 aliphatic heterocycles. The summed E-state index contributed by atoms with van der Waals surface area (Å²) in [4.78, 5) is 38.0. The number of aryl methyl sites for hydroxylation is 1. The third-order valence-electron chi connectivity index (χ3n) is 7.83. The first kappa shape index (κ1) is 24.2. The molecule has 0 aromatic carbocycles. The molecule has 38 heavy (non-hydrogen) atoms. The van der Waals surface area contributed by atoms with Gasteiger partial charge in [-0.2, -0.15) is 14.7 Å². The van der Waals surface area contributed by atoms with Gasteiger partial charge in [-0.15, -0.1) is 0 Å². The van der Waals surface area contributed by atoms with Crippen LogP contribution in [0.5, 0.6) is 0 Å². The molecule has 3 atom stereocenters. The number of nitrogens with zero attached hydrogens (tertiary/aromatic N) is 7. The second kappa shape index (κ2) is 9.01. The summed E-state index contributed by atoms with van der Waals surface area (Å²) in [7, 11) is 0. The number of nitrogens with one attached hydrogen (secondary N) is 1. The van der Waals surface area contributed by atoms with Gasteiger partial charge in [0, 0.05) is 24.5 Å². The van der Waals surface area contributed by atoms with Crippen LogP contribution < -0.4 is 10.6 Å². The number of carbonyl (C=O) groups is 2. The molecule has 13 heteroatoms. The molecule has 2 saturated heterocycles. The molecule has 3 aliphatic rings. The molecule has 0 spiro atoms. The Morgan fingerprint density at radius 1 is 1.26 bits per heavy atom. The molecule has 0 radical (unpaired) electrons. The average Bonchev–Trinajstić information content (AvgIpc) is 3.57. The largest absolute Gasteiger partial charge is 0.387 e. The lowest BCUT2D eigenvalue weighted by molar-refractivity contribution is -0.138. The van der Waals surface area contributed by atoms with Crippen molar-refractivity contribution >= 4 is 40.9 Å². The van der Waals surface area contributed by atoms with Crippen LogP contribution in [0.4, 0.5) is 15.9 Å². The quantitative estimate of drug-likeness (QED) is 0.429. The molecule has 2 fully saturated rings. The Labute approximate surface area is 217 Å². The number of nitrogen functional groups attached to an aromatic ring is 1. The van der Waals surface area contributed by atoms with E-state index in [1.54, 1.807) is 30.4 Å². The van der Waals surface area contributed by atoms with Crippen LogP contribution in [-0.2, 0) is 4.79 Å². The van der Waals surface area contributed by atoms with Crippen LogP contribution in [-0.4, -0.2) is 78.1 Å². The molecule has 0 aliphatic carbocycles. The Kier molecular flexibility index (Phi) is 5.74. The highest BCUT2D eigenvalue weighted by Crippen LogP contribution is 2.44. The van der Waals surface area contributed by atoms with Gasteiger partial charge in [-0.05, 0) is 45.6 Å². The Balaban J connectivity index is 1.35. The van der Waals surface area contributed by atoms with Gasteiger partial charge in [-0.25, -0.2) is 14.4 Å². The molecule has 1 amide bonds. The number of hydrogen-bond donors (Lipinski definition) is 3. The summed E-state index contributed by atoms with van der Waals surface area (Å²) in [6.07, 6.45) is 7.94. The first-order valence-electron chi connectivity index (χ1n) is 12.6. The maximum atomic E-state index is 14.3. The molecule has 0 saturated carbocycles. The van der Waals surface area contributed by atoms with Crippen molar-refractivity contribution in [1.29, 1.82) is 0 Å². The van der Waals surface area contributed by atoms with E-state index in [0.29, 0.717) is 53.4 Å². The number of H-pyrrole nitrogens is 1. The fraction of sp³-hybridized carbons (Fsp3) is 0.440. The Morgan fingerprint density at radius 2 is 2.00 bits per heavy atom. The molecule has 4 N–H and O–H groups in total. The normalized spacial score (nSPS) is 22.8. The number of fused-ring (bicyclic) bond motifs is 3. The van der Waals surface area contributed by atoms with Gasteiger partial charge in [-0.1, -0.05) is 0 Å². The number of aromatic nitrogens is 5. The number of piperidine rings is 1. The number of ketones is 1. The first-order valence-corrected chi connectivity index (χ1v) is 12.6. The number of rotatable bonds is 5. The molecule has 0 unspecified atom stereocenters. The predicted octanol–water partition coefficient (Wildman–Crippen LogP) is 1.80. The monoisotopic (exact) mass is 521 g/mol. The average molecular weight is 522 g/mol. The maximum Gasteiger partial charge on any atom is 0.248 e. The number of aliphatic hydroxyl groups excluding tert-OH is 1. The highest BCUT2D eigenvalue weighted by atomic mass is 19.1. The minimum atomic E-state index is -0.507. The zero-order valence-corrected chi connectivity index (χ0v) is 21.1. The van der Waals surface area contributed by atoms with Crippen molar-refractivity contribution in [2.24, 2.45) is 4.99 Å². The van der Waals surface area contributed by atoms with Crippen LogP contribution in [0, 0.1) is 12.7 Å². The minimum absolute atomic E-state index is 0.00861. The van der Waals surface area contributed by atoms with Crippen molar-refractivity contribution < 1.29 is 19.1 Å². The maximum absolute atomic E-state index is 14.3. The molecular formula is C25H28FN9O3. The van der Waals surface area contributed by atoms with Crippen molar-refractivity contribution in [2.45, 2.75) is 57.5 Å². The van der Waals surface area contributed by atoms with E-state index in [2.05, 4.69) is 20.3 Å². The first-order chi connectivity index (χ1) is 18.3. The van der Waals surface area contributed by atoms with E-state index in [0.717, 1.165) is 12.8 Å². The van der Waals surface area contributed by atoms with Gasteiger partial charge < -0.3 is 20.6 Å². The fourth-order valence-electron chi connectivity index (χ4n) is 6.09. The number of amides is 1. The number of carbonyl (C=O) groups excluding carboxylic acids is 2. The summed E-state index contributed by atoms with van der Waals surface area (Å²) in [5.74, 6) is -0.755. The highest BCUT2D eigenvalue weighted by molar-refractivity contribution is 6.01. The number of aliphatic hydroxyl groups is 1. The van der Waals surface area contributed by atoms with Gasteiger partial charge >= 0.3 is 0 Å². The minimum Gasteiger partial charge on any atom is -0.387 e. The van der Waals surface area contributed by atoms with E-state index < -0.39 is 12.4 Å². The predicted molar refractivity (Wildman–Crippen MR) is 137 cm³/mol. The zero-order chi connectivity index (χ0) is 26.7. The Hall–Kier alpha value is -4.13. The van der Waals surface area contributed by atoms with Crippen LogP contribution in [0.2, 0.25) is 0 Å². The summed E-state index contributed by atoms with van der Waals surface area (Å²) in [5, 5.41) is 20.4. The molecule has 3 aromatic rings. The number of aliphatic imine (C=N–C) groups is 1. The third-order valence-corrected chi connectivity index (χ3v) is 7.83. The summed E-state index contributed by atoms with van der Waals surface area (Å²) in [6, 6.07) is -0.0172. The van der Waals surface area contributed by atoms with Crippen molar-refractivity contribution in [3.05, 3.63) is 40.7 Å². The van der Waals surface area contributed by atoms with Gasteiger partial charge in [0.15, 0.2) is 17.2 Å². The summed E-state index contributed by atoms with van der Waals surface area (Å²) < 4.78 is 15.8. The van der Waals surface area contributed by atoms with Crippen LogP contribution in [0.25, 0.3) is 11.3 Å². The van der Waals surface area contributed by atoms with Crippen LogP contribution >= 0.6 is 0 Å². The molecule has 12 nitrogen and oxygen atoms in total. The van der Waals surface area contributed by atoms with Crippen LogP contribution in [0.15, 0.2) is 17.3 Å². The lowest BCUT2D eigenvalue weighted by Gasteiger charge is -2.39. The van der Waals surface area contributed by atoms with Gasteiger partial charge in [0.2, 0.25) is 5.91 Å². The third kappa shape index (κ3) is 3.68. The molecule has 6 heterocycles. The van der Waals surface area contributed by atoms with Crippen molar-refractivity contribution in [3.8, 4) is 0 Å². The summed E-state index contributed by atoms with van der Waals surface area (Å²) in [5.41, 5.74) is 9.49. The van der Waals surface area contributed by atoms with Gasteiger partial charge in [0.05, 0.1) is 35.2 Å². The van der Waals surface area contributed by atoms with Crippen molar-refractivity contribution in [3.63, 3.8) is 0 Å². The van der Waals surface area contributed by atoms with Gasteiger partial charge in [0.1, 0.15) is 23.8 Å². The lowest BCUT2D eigenvalue weighted by atomic mass is 9.85. The van der Waals surface area contributed by atoms with E-state index in [4.69, 9.17) is 10.7 Å². The zero-order valence-electron chi connectivity index (χ0n) is 21.1. The molecule has 2 bridgehead atoms. The Morgan fingerprint density at radius 3 is 2.58 bits per heavy atom. The number of anilines is 2. The standard InChI is InChI=1S/C25H28FN9O3/c1-12-21(26)23(32-31-12)17-5-6-33(11-28-17)18-9-29-35-24(27)20(13(2)37)22(30-25(18)35)14-7-15-3-4-16(8-14)34(15)19(38)10-36/h5,9,11,14-16,36H,3-4,6-8,10,27H2,1-2H3,(H,31,32)/t14-,15+,16-. The van der Waals surface area contributed by atoms with Gasteiger partial charge in [-0.3, -0.25) is 14.7 Å². The number of Topliss-reactive ketones (excluding diaryl/α,β-unsaturated/α-hetero) is 1. The smallest absolute Gasteiger partial charge is 0.248 e. The summed E-state index contributed by atoms with van der Waals surface area (Å²) in [6.45, 7) is 2.94. The lowest BCUT2D eigenvalue weighted by Crippen LogP contribution is -2.47. The van der Waals surface area contributed by atoms with E-state index in [-0.39, 0.29) is 41.2 Å². The van der Waals surface area contributed by atoms with E-state index in [1.807, 2.05) is 4.90 Å². The fourth-order valence-corrected chi connectivity index (χ4v) is 6.09. The van der Waals surface area contributed by atoms with Crippen molar-refractivity contribution in [2.75, 3.05) is 23.8 Å². The van der Waals surface area contributed by atoms with E-state index >= 15 is 0 Å². The number of nitrogens with two attached hydrogens (primary N) is 1. The number of halogens is 1.